The van der Waals surface area contributed by atoms with Gasteiger partial charge in [0.05, 0.1) is 11.8 Å². The van der Waals surface area contributed by atoms with E-state index in [1.807, 2.05) is 0 Å². The Balaban J connectivity index is 2.40. The van der Waals surface area contributed by atoms with Gasteiger partial charge in [0.1, 0.15) is 0 Å². The van der Waals surface area contributed by atoms with Gasteiger partial charge in [0, 0.05) is 0 Å². The van der Waals surface area contributed by atoms with E-state index in [-0.39, 0.29) is 0 Å². The van der Waals surface area contributed by atoms with E-state index in [1.165, 1.54) is 0 Å². The fraction of sp³-hybridized carbons (Fsp3) is 0.429. The molecule has 2 rings (SSSR count). The summed E-state index contributed by atoms with van der Waals surface area (Å²) in [4.78, 5) is 0. The Morgan fingerprint density at radius 2 is 1.22 bits per heavy atom. The van der Waals surface area contributed by atoms with Gasteiger partial charge in [-0.3, -0.25) is 0 Å². The number of halogens is 2. The molecule has 0 saturated heterocycles. The van der Waals surface area contributed by atoms with Crippen molar-refractivity contribution >= 4 is 0 Å². The van der Waals surface area contributed by atoms with Crippen molar-refractivity contribution in [3.05, 3.63) is 24.3 Å². The van der Waals surface area contributed by atoms with Crippen molar-refractivity contribution in [1.82, 2.24) is 0 Å². The van der Waals surface area contributed by atoms with Gasteiger partial charge in [0.2, 0.25) is 0 Å². The van der Waals surface area contributed by atoms with Gasteiger partial charge in [0.15, 0.2) is 0 Å². The number of hydrogen-bond acceptors (Lipinski definition) is 0. The van der Waals surface area contributed by atoms with E-state index in [9.17, 15) is 8.78 Å². The van der Waals surface area contributed by atoms with Gasteiger partial charge in [0.25, 0.3) is 5.92 Å². The summed E-state index contributed by atoms with van der Waals surface area (Å²) >= 11 is 0. The first kappa shape index (κ1) is 5.15. The topological polar surface area (TPSA) is 0 Å². The molecule has 0 aromatic heterocycles. The van der Waals surface area contributed by atoms with Crippen molar-refractivity contribution in [2.75, 3.05) is 0 Å². The molecule has 48 valence electrons. The second kappa shape index (κ2) is 1.25. The zero-order chi connectivity index (χ0) is 6.48. The molecule has 2 bridgehead atoms. The molecule has 0 radical (unpaired) electrons. The molecule has 0 unspecified atom stereocenters. The van der Waals surface area contributed by atoms with E-state index in [4.69, 9.17) is 0 Å². The minimum absolute atomic E-state index is 0.609. The van der Waals surface area contributed by atoms with E-state index >= 15 is 0 Å². The number of rotatable bonds is 0. The highest BCUT2D eigenvalue weighted by atomic mass is 19.3. The first-order chi connectivity index (χ1) is 4.21. The van der Waals surface area contributed by atoms with Gasteiger partial charge >= 0.3 is 0 Å². The lowest BCUT2D eigenvalue weighted by Gasteiger charge is -2.13. The SMILES string of the molecule is FC1(F)C2C=CC1C=C2. The molecule has 0 atom stereocenters. The summed E-state index contributed by atoms with van der Waals surface area (Å²) in [6.45, 7) is 0. The van der Waals surface area contributed by atoms with Crippen molar-refractivity contribution in [3.8, 4) is 0 Å². The first-order valence-corrected chi connectivity index (χ1v) is 2.96. The average molecular weight is 128 g/mol. The molecule has 0 aromatic rings. The Bertz CT molecular complexity index is 159. The number of fused-ring (bicyclic) bond motifs is 2. The van der Waals surface area contributed by atoms with Crippen molar-refractivity contribution in [2.45, 2.75) is 5.92 Å². The van der Waals surface area contributed by atoms with Crippen LogP contribution < -0.4 is 0 Å². The Kier molecular flexibility index (Phi) is 0.718. The second-order valence-electron chi connectivity index (χ2n) is 2.50. The Morgan fingerprint density at radius 1 is 0.889 bits per heavy atom. The molecule has 2 aliphatic rings. The average Bonchev–Trinajstić information content (AvgIpc) is 2.24. The lowest BCUT2D eigenvalue weighted by molar-refractivity contribution is -0.0286. The number of alkyl halides is 2. The van der Waals surface area contributed by atoms with E-state index in [2.05, 4.69) is 0 Å². The molecular formula is C7H6F2. The van der Waals surface area contributed by atoms with Gasteiger partial charge in [-0.1, -0.05) is 24.3 Å². The number of hydrogen-bond donors (Lipinski definition) is 0. The predicted octanol–water partition coefficient (Wildman–Crippen LogP) is 1.99. The summed E-state index contributed by atoms with van der Waals surface area (Å²) in [5.74, 6) is -3.72. The largest absolute Gasteiger partial charge is 0.267 e. The molecule has 0 amide bonds. The molecule has 9 heavy (non-hydrogen) atoms. The monoisotopic (exact) mass is 128 g/mol. The smallest absolute Gasteiger partial charge is 0.205 e. The summed E-state index contributed by atoms with van der Waals surface area (Å²) < 4.78 is 25.3. The fourth-order valence-corrected chi connectivity index (χ4v) is 1.34. The minimum atomic E-state index is -2.50. The van der Waals surface area contributed by atoms with Crippen LogP contribution in [0.25, 0.3) is 0 Å². The van der Waals surface area contributed by atoms with E-state index < -0.39 is 17.8 Å². The fourth-order valence-electron chi connectivity index (χ4n) is 1.34. The summed E-state index contributed by atoms with van der Waals surface area (Å²) in [6, 6.07) is 0. The van der Waals surface area contributed by atoms with Gasteiger partial charge in [-0.25, -0.2) is 8.78 Å². The molecule has 0 saturated carbocycles. The molecule has 0 heterocycles. The molecule has 2 aliphatic carbocycles. The molecule has 0 N–H and O–H groups in total. The van der Waals surface area contributed by atoms with Crippen LogP contribution in [0.1, 0.15) is 0 Å². The second-order valence-corrected chi connectivity index (χ2v) is 2.50. The van der Waals surface area contributed by atoms with Crippen LogP contribution in [0.4, 0.5) is 8.78 Å². The van der Waals surface area contributed by atoms with Gasteiger partial charge in [-0.2, -0.15) is 0 Å². The Morgan fingerprint density at radius 3 is 1.33 bits per heavy atom. The van der Waals surface area contributed by atoms with Gasteiger partial charge in [-0.05, 0) is 0 Å². The van der Waals surface area contributed by atoms with E-state index in [1.54, 1.807) is 24.3 Å². The highest BCUT2D eigenvalue weighted by Crippen LogP contribution is 2.46. The standard InChI is InChI=1S/C7H6F2/c8-7(9)5-1-2-6(7)4-3-5/h1-6H. The van der Waals surface area contributed by atoms with Crippen molar-refractivity contribution in [2.24, 2.45) is 11.8 Å². The molecule has 0 aliphatic heterocycles. The first-order valence-electron chi connectivity index (χ1n) is 2.96. The van der Waals surface area contributed by atoms with Crippen LogP contribution in [0.2, 0.25) is 0 Å². The molecule has 0 nitrogen and oxygen atoms in total. The van der Waals surface area contributed by atoms with Crippen LogP contribution in [-0.4, -0.2) is 5.92 Å². The quantitative estimate of drug-likeness (QED) is 0.437. The van der Waals surface area contributed by atoms with Crippen molar-refractivity contribution in [3.63, 3.8) is 0 Å². The zero-order valence-electron chi connectivity index (χ0n) is 4.72. The number of allylic oxidation sites excluding steroid dienone is 4. The normalized spacial score (nSPS) is 42.4. The third-order valence-electron chi connectivity index (χ3n) is 1.94. The highest BCUT2D eigenvalue weighted by Gasteiger charge is 2.49. The van der Waals surface area contributed by atoms with Gasteiger partial charge in [-0.15, -0.1) is 0 Å². The molecular weight excluding hydrogens is 122 g/mol. The highest BCUT2D eigenvalue weighted by molar-refractivity contribution is 5.29. The summed E-state index contributed by atoms with van der Waals surface area (Å²) in [5, 5.41) is 0. The maximum absolute atomic E-state index is 12.7. The Labute approximate surface area is 51.9 Å². The van der Waals surface area contributed by atoms with Crippen LogP contribution in [0.5, 0.6) is 0 Å². The van der Waals surface area contributed by atoms with Crippen LogP contribution in [0.3, 0.4) is 0 Å². The maximum atomic E-state index is 12.7. The van der Waals surface area contributed by atoms with Crippen LogP contribution in [0, 0.1) is 11.8 Å². The van der Waals surface area contributed by atoms with E-state index in [0.717, 1.165) is 0 Å². The van der Waals surface area contributed by atoms with Crippen LogP contribution in [0.15, 0.2) is 24.3 Å². The van der Waals surface area contributed by atoms with Gasteiger partial charge < -0.3 is 0 Å². The molecule has 0 fully saturated rings. The predicted molar refractivity (Wildman–Crippen MR) is 30.2 cm³/mol. The maximum Gasteiger partial charge on any atom is 0.267 e. The van der Waals surface area contributed by atoms with Crippen LogP contribution in [-0.2, 0) is 0 Å². The third-order valence-corrected chi connectivity index (χ3v) is 1.94. The van der Waals surface area contributed by atoms with Crippen molar-refractivity contribution < 1.29 is 8.78 Å². The third kappa shape index (κ3) is 0.460. The lowest BCUT2D eigenvalue weighted by Crippen LogP contribution is -2.23. The summed E-state index contributed by atoms with van der Waals surface area (Å²) in [7, 11) is 0. The summed E-state index contributed by atoms with van der Waals surface area (Å²) in [6.07, 6.45) is 6.30. The molecule has 0 aromatic carbocycles. The zero-order valence-corrected chi connectivity index (χ0v) is 4.72. The van der Waals surface area contributed by atoms with Crippen LogP contribution >= 0.6 is 0 Å². The van der Waals surface area contributed by atoms with E-state index in [0.29, 0.717) is 0 Å². The molecule has 0 spiro atoms. The molecule has 2 heteroatoms. The summed E-state index contributed by atoms with van der Waals surface area (Å²) in [5.41, 5.74) is 0. The van der Waals surface area contributed by atoms with Crippen molar-refractivity contribution in [1.29, 1.82) is 0 Å². The minimum Gasteiger partial charge on any atom is -0.205 e. The Hall–Kier alpha value is -0.660. The lowest BCUT2D eigenvalue weighted by atomic mass is 10.1.